The molecule has 0 spiro atoms. The Hall–Kier alpha value is -2.53. The highest BCUT2D eigenvalue weighted by Crippen LogP contribution is 2.20. The molecule has 0 saturated heterocycles. The number of rotatable bonds is 10. The summed E-state index contributed by atoms with van der Waals surface area (Å²) in [5, 5.41) is 3.50. The van der Waals surface area contributed by atoms with Crippen LogP contribution in [0.3, 0.4) is 0 Å². The highest BCUT2D eigenvalue weighted by atomic mass is 35.5. The van der Waals surface area contributed by atoms with Crippen molar-refractivity contribution >= 4 is 23.4 Å². The van der Waals surface area contributed by atoms with Crippen molar-refractivity contribution in [2.45, 2.75) is 46.7 Å². The molecule has 0 aromatic heterocycles. The summed E-state index contributed by atoms with van der Waals surface area (Å²) in [6.07, 6.45) is 0.491. The van der Waals surface area contributed by atoms with Crippen LogP contribution in [0.15, 0.2) is 48.5 Å². The first-order chi connectivity index (χ1) is 14.3. The number of ether oxygens (including phenoxy) is 1. The lowest BCUT2D eigenvalue weighted by atomic mass is 10.1. The van der Waals surface area contributed by atoms with Gasteiger partial charge in [-0.15, -0.1) is 0 Å². The van der Waals surface area contributed by atoms with Crippen LogP contribution in [-0.4, -0.2) is 35.9 Å². The van der Waals surface area contributed by atoms with E-state index in [-0.39, 0.29) is 25.0 Å². The number of carbonyl (C=O) groups is 2. The zero-order valence-corrected chi connectivity index (χ0v) is 18.9. The Morgan fingerprint density at radius 1 is 1.10 bits per heavy atom. The van der Waals surface area contributed by atoms with E-state index in [4.69, 9.17) is 16.3 Å². The summed E-state index contributed by atoms with van der Waals surface area (Å²) in [6.45, 7) is 8.59. The summed E-state index contributed by atoms with van der Waals surface area (Å²) in [5.41, 5.74) is 1.90. The standard InChI is InChI=1S/C24H31ClN2O3/c1-5-22(24(29)26-14-17(2)3)27(15-19-8-6-7-9-21(19)25)23(28)16-30-20-12-10-18(4)11-13-20/h6-13,17,22H,5,14-16H2,1-4H3,(H,26,29). The lowest BCUT2D eigenvalue weighted by Gasteiger charge is -2.31. The highest BCUT2D eigenvalue weighted by molar-refractivity contribution is 6.31. The molecule has 30 heavy (non-hydrogen) atoms. The molecule has 162 valence electrons. The number of hydrogen-bond acceptors (Lipinski definition) is 3. The molecule has 0 aliphatic rings. The Kier molecular flexibility index (Phi) is 9.18. The molecule has 0 aliphatic carbocycles. The van der Waals surface area contributed by atoms with Crippen LogP contribution in [0.4, 0.5) is 0 Å². The van der Waals surface area contributed by atoms with Crippen molar-refractivity contribution in [3.05, 3.63) is 64.7 Å². The fourth-order valence-corrected chi connectivity index (χ4v) is 3.21. The van der Waals surface area contributed by atoms with Gasteiger partial charge >= 0.3 is 0 Å². The Bertz CT molecular complexity index is 837. The molecule has 1 N–H and O–H groups in total. The van der Waals surface area contributed by atoms with E-state index < -0.39 is 6.04 Å². The van der Waals surface area contributed by atoms with E-state index in [0.29, 0.717) is 29.7 Å². The van der Waals surface area contributed by atoms with Gasteiger partial charge in [0.05, 0.1) is 0 Å². The van der Waals surface area contributed by atoms with Gasteiger partial charge in [0.25, 0.3) is 5.91 Å². The van der Waals surface area contributed by atoms with Crippen molar-refractivity contribution in [2.24, 2.45) is 5.92 Å². The third-order valence-corrected chi connectivity index (χ3v) is 5.12. The highest BCUT2D eigenvalue weighted by Gasteiger charge is 2.29. The molecule has 2 amide bonds. The van der Waals surface area contributed by atoms with Crippen molar-refractivity contribution in [1.29, 1.82) is 0 Å². The molecule has 0 aliphatic heterocycles. The normalized spacial score (nSPS) is 11.8. The maximum Gasteiger partial charge on any atom is 0.261 e. The van der Waals surface area contributed by atoms with Crippen molar-refractivity contribution < 1.29 is 14.3 Å². The van der Waals surface area contributed by atoms with Gasteiger partial charge in [-0.3, -0.25) is 9.59 Å². The van der Waals surface area contributed by atoms with Crippen LogP contribution >= 0.6 is 11.6 Å². The maximum absolute atomic E-state index is 13.1. The zero-order chi connectivity index (χ0) is 22.1. The number of nitrogens with one attached hydrogen (secondary N) is 1. The van der Waals surface area contributed by atoms with E-state index in [1.165, 1.54) is 0 Å². The number of carbonyl (C=O) groups excluding carboxylic acids is 2. The van der Waals surface area contributed by atoms with Gasteiger partial charge < -0.3 is 15.0 Å². The van der Waals surface area contributed by atoms with Crippen LogP contribution < -0.4 is 10.1 Å². The average Bonchev–Trinajstić information content (AvgIpc) is 2.72. The Labute approximate surface area is 184 Å². The van der Waals surface area contributed by atoms with Gasteiger partial charge in [0.15, 0.2) is 6.61 Å². The molecule has 0 radical (unpaired) electrons. The van der Waals surface area contributed by atoms with Crippen LogP contribution in [0.2, 0.25) is 5.02 Å². The number of nitrogens with zero attached hydrogens (tertiary/aromatic N) is 1. The van der Waals surface area contributed by atoms with Gasteiger partial charge in [-0.2, -0.15) is 0 Å². The first-order valence-electron chi connectivity index (χ1n) is 10.3. The van der Waals surface area contributed by atoms with Crippen molar-refractivity contribution in [3.63, 3.8) is 0 Å². The molecule has 5 nitrogen and oxygen atoms in total. The lowest BCUT2D eigenvalue weighted by Crippen LogP contribution is -2.50. The van der Waals surface area contributed by atoms with Crippen molar-refractivity contribution in [3.8, 4) is 5.75 Å². The van der Waals surface area contributed by atoms with E-state index in [1.54, 1.807) is 11.0 Å². The van der Waals surface area contributed by atoms with Gasteiger partial charge in [-0.1, -0.05) is 68.3 Å². The third kappa shape index (κ3) is 7.06. The average molecular weight is 431 g/mol. The second-order valence-corrected chi connectivity index (χ2v) is 8.19. The molecule has 2 rings (SSSR count). The van der Waals surface area contributed by atoms with Crippen LogP contribution in [0, 0.1) is 12.8 Å². The number of halogens is 1. The molecule has 1 unspecified atom stereocenters. The topological polar surface area (TPSA) is 58.6 Å². The first kappa shape index (κ1) is 23.7. The van der Waals surface area contributed by atoms with Crippen LogP contribution in [-0.2, 0) is 16.1 Å². The fourth-order valence-electron chi connectivity index (χ4n) is 3.01. The minimum atomic E-state index is -0.603. The predicted molar refractivity (Wildman–Crippen MR) is 121 cm³/mol. The van der Waals surface area contributed by atoms with E-state index in [0.717, 1.165) is 11.1 Å². The van der Waals surface area contributed by atoms with Crippen LogP contribution in [0.25, 0.3) is 0 Å². The quantitative estimate of drug-likeness (QED) is 0.598. The smallest absolute Gasteiger partial charge is 0.261 e. The van der Waals surface area contributed by atoms with Crippen LogP contribution in [0.1, 0.15) is 38.3 Å². The Morgan fingerprint density at radius 3 is 2.37 bits per heavy atom. The van der Waals surface area contributed by atoms with Gasteiger partial charge in [0.1, 0.15) is 11.8 Å². The molecule has 0 bridgehead atoms. The molecule has 1 atom stereocenters. The second-order valence-electron chi connectivity index (χ2n) is 7.78. The van der Waals surface area contributed by atoms with E-state index in [2.05, 4.69) is 5.32 Å². The molecule has 2 aromatic carbocycles. The Balaban J connectivity index is 2.19. The molecule has 0 saturated carbocycles. The maximum atomic E-state index is 13.1. The molecular formula is C24H31ClN2O3. The van der Waals surface area contributed by atoms with Gasteiger partial charge in [-0.05, 0) is 43.0 Å². The summed E-state index contributed by atoms with van der Waals surface area (Å²) in [6, 6.07) is 14.3. The van der Waals surface area contributed by atoms with Gasteiger partial charge in [-0.25, -0.2) is 0 Å². The summed E-state index contributed by atoms with van der Waals surface area (Å²) in [5.74, 6) is 0.511. The fraction of sp³-hybridized carbons (Fsp3) is 0.417. The molecule has 2 aromatic rings. The SMILES string of the molecule is CCC(C(=O)NCC(C)C)N(Cc1ccccc1Cl)C(=O)COc1ccc(C)cc1. The molecule has 6 heteroatoms. The second kappa shape index (κ2) is 11.6. The number of aryl methyl sites for hydroxylation is 1. The largest absolute Gasteiger partial charge is 0.484 e. The zero-order valence-electron chi connectivity index (χ0n) is 18.2. The van der Waals surface area contributed by atoms with Gasteiger partial charge in [0, 0.05) is 18.1 Å². The number of benzene rings is 2. The third-order valence-electron chi connectivity index (χ3n) is 4.75. The predicted octanol–water partition coefficient (Wildman–Crippen LogP) is 4.61. The van der Waals surface area contributed by atoms with Crippen molar-refractivity contribution in [1.82, 2.24) is 10.2 Å². The van der Waals surface area contributed by atoms with Crippen molar-refractivity contribution in [2.75, 3.05) is 13.2 Å². The Morgan fingerprint density at radius 2 is 1.77 bits per heavy atom. The molecule has 0 heterocycles. The summed E-state index contributed by atoms with van der Waals surface area (Å²) >= 11 is 6.32. The molecule has 0 fully saturated rings. The lowest BCUT2D eigenvalue weighted by molar-refractivity contribution is -0.143. The summed E-state index contributed by atoms with van der Waals surface area (Å²) < 4.78 is 5.69. The van der Waals surface area contributed by atoms with E-state index in [9.17, 15) is 9.59 Å². The van der Waals surface area contributed by atoms with E-state index in [1.807, 2.05) is 70.2 Å². The first-order valence-corrected chi connectivity index (χ1v) is 10.7. The van der Waals surface area contributed by atoms with Crippen LogP contribution in [0.5, 0.6) is 5.75 Å². The minimum Gasteiger partial charge on any atom is -0.484 e. The number of amides is 2. The summed E-state index contributed by atoms with van der Waals surface area (Å²) in [4.78, 5) is 27.5. The molecular weight excluding hydrogens is 400 g/mol. The summed E-state index contributed by atoms with van der Waals surface area (Å²) in [7, 11) is 0. The monoisotopic (exact) mass is 430 g/mol. The number of hydrogen-bond donors (Lipinski definition) is 1. The minimum absolute atomic E-state index is 0.151. The van der Waals surface area contributed by atoms with E-state index >= 15 is 0 Å². The van der Waals surface area contributed by atoms with Gasteiger partial charge in [0.2, 0.25) is 5.91 Å².